The SMILES string of the molecule is Cc1ccccc1N1C(=O)c2ccc(C(=O)O[C@H]3CCCCC3=O)cc2C1=O. The van der Waals surface area contributed by atoms with E-state index in [1.165, 1.54) is 18.2 Å². The van der Waals surface area contributed by atoms with Crippen molar-refractivity contribution in [2.24, 2.45) is 0 Å². The normalized spacial score (nSPS) is 19.0. The summed E-state index contributed by atoms with van der Waals surface area (Å²) in [5, 5.41) is 0. The van der Waals surface area contributed by atoms with Crippen LogP contribution in [0.2, 0.25) is 0 Å². The highest BCUT2D eigenvalue weighted by Gasteiger charge is 2.38. The van der Waals surface area contributed by atoms with Crippen LogP contribution in [0.3, 0.4) is 0 Å². The van der Waals surface area contributed by atoms with Gasteiger partial charge in [0.05, 0.1) is 22.4 Å². The van der Waals surface area contributed by atoms with Crippen LogP contribution in [-0.2, 0) is 9.53 Å². The van der Waals surface area contributed by atoms with Crippen LogP contribution in [-0.4, -0.2) is 29.7 Å². The molecule has 142 valence electrons. The summed E-state index contributed by atoms with van der Waals surface area (Å²) in [5.41, 5.74) is 1.89. The summed E-state index contributed by atoms with van der Waals surface area (Å²) in [7, 11) is 0. The molecule has 0 N–H and O–H groups in total. The van der Waals surface area contributed by atoms with Crippen LogP contribution in [0.1, 0.15) is 62.3 Å². The highest BCUT2D eigenvalue weighted by Crippen LogP contribution is 2.31. The van der Waals surface area contributed by atoms with Crippen molar-refractivity contribution in [2.75, 3.05) is 4.90 Å². The molecule has 1 saturated carbocycles. The standard InChI is InChI=1S/C22H19NO5/c1-13-6-2-3-7-17(13)23-20(25)15-11-10-14(12-16(15)21(23)26)22(27)28-19-9-5-4-8-18(19)24/h2-3,6-7,10-12,19H,4-5,8-9H2,1H3/t19-/m0/s1. The van der Waals surface area contributed by atoms with Crippen LogP contribution < -0.4 is 4.90 Å². The zero-order valence-electron chi connectivity index (χ0n) is 15.4. The number of para-hydroxylation sites is 1. The van der Waals surface area contributed by atoms with Crippen LogP contribution in [0, 0.1) is 6.92 Å². The molecule has 1 heterocycles. The van der Waals surface area contributed by atoms with Crippen LogP contribution in [0.15, 0.2) is 42.5 Å². The van der Waals surface area contributed by atoms with E-state index in [1.807, 2.05) is 19.1 Å². The Morgan fingerprint density at radius 3 is 2.50 bits per heavy atom. The smallest absolute Gasteiger partial charge is 0.338 e. The first-order valence-electron chi connectivity index (χ1n) is 9.29. The molecule has 2 amide bonds. The van der Waals surface area contributed by atoms with Gasteiger partial charge < -0.3 is 4.74 Å². The molecule has 1 atom stereocenters. The summed E-state index contributed by atoms with van der Waals surface area (Å²) in [6.45, 7) is 1.82. The number of Topliss-reactive ketones (excluding diaryl/α,β-unsaturated/α-hetero) is 1. The average Bonchev–Trinajstić information content (AvgIpc) is 2.94. The molecule has 0 unspecified atom stereocenters. The maximum absolute atomic E-state index is 12.9. The van der Waals surface area contributed by atoms with Crippen molar-refractivity contribution in [1.82, 2.24) is 0 Å². The number of ketones is 1. The van der Waals surface area contributed by atoms with Gasteiger partial charge in [-0.05, 0) is 56.0 Å². The van der Waals surface area contributed by atoms with Crippen molar-refractivity contribution in [3.05, 3.63) is 64.7 Å². The topological polar surface area (TPSA) is 80.8 Å². The Labute approximate surface area is 162 Å². The number of nitrogens with zero attached hydrogens (tertiary/aromatic N) is 1. The Kier molecular flexibility index (Phi) is 4.55. The van der Waals surface area contributed by atoms with Gasteiger partial charge >= 0.3 is 5.97 Å². The third kappa shape index (κ3) is 3.01. The molecular weight excluding hydrogens is 358 g/mol. The van der Waals surface area contributed by atoms with Gasteiger partial charge in [0.15, 0.2) is 11.9 Å². The van der Waals surface area contributed by atoms with E-state index >= 15 is 0 Å². The predicted molar refractivity (Wildman–Crippen MR) is 101 cm³/mol. The second-order valence-corrected chi connectivity index (χ2v) is 7.10. The molecule has 6 heteroatoms. The van der Waals surface area contributed by atoms with E-state index < -0.39 is 23.9 Å². The van der Waals surface area contributed by atoms with Crippen LogP contribution >= 0.6 is 0 Å². The Morgan fingerprint density at radius 1 is 1.00 bits per heavy atom. The Morgan fingerprint density at radius 2 is 1.75 bits per heavy atom. The number of esters is 1. The van der Waals surface area contributed by atoms with E-state index in [0.717, 1.165) is 23.3 Å². The predicted octanol–water partition coefficient (Wildman–Crippen LogP) is 3.46. The number of hydrogen-bond acceptors (Lipinski definition) is 5. The van der Waals surface area contributed by atoms with Crippen LogP contribution in [0.4, 0.5) is 5.69 Å². The third-order valence-corrected chi connectivity index (χ3v) is 5.23. The zero-order chi connectivity index (χ0) is 19.8. The number of hydrogen-bond donors (Lipinski definition) is 0. The number of rotatable bonds is 3. The molecule has 0 radical (unpaired) electrons. The minimum absolute atomic E-state index is 0.0715. The molecule has 0 saturated heterocycles. The second kappa shape index (κ2) is 7.03. The van der Waals surface area contributed by atoms with E-state index in [-0.39, 0.29) is 22.5 Å². The van der Waals surface area contributed by atoms with Gasteiger partial charge in [-0.3, -0.25) is 14.4 Å². The second-order valence-electron chi connectivity index (χ2n) is 7.10. The largest absolute Gasteiger partial charge is 0.451 e. The summed E-state index contributed by atoms with van der Waals surface area (Å²) in [4.78, 5) is 51.1. The number of imide groups is 1. The van der Waals surface area contributed by atoms with Crippen LogP contribution in [0.5, 0.6) is 0 Å². The lowest BCUT2D eigenvalue weighted by Gasteiger charge is -2.20. The van der Waals surface area contributed by atoms with Crippen molar-refractivity contribution >= 4 is 29.3 Å². The molecule has 1 fully saturated rings. The maximum atomic E-state index is 12.9. The molecule has 4 rings (SSSR count). The average molecular weight is 377 g/mol. The molecule has 6 nitrogen and oxygen atoms in total. The number of carbonyl (C=O) groups excluding carboxylic acids is 4. The lowest BCUT2D eigenvalue weighted by molar-refractivity contribution is -0.129. The van der Waals surface area contributed by atoms with E-state index in [1.54, 1.807) is 12.1 Å². The van der Waals surface area contributed by atoms with Crippen LogP contribution in [0.25, 0.3) is 0 Å². The first-order chi connectivity index (χ1) is 13.5. The molecule has 1 aliphatic carbocycles. The maximum Gasteiger partial charge on any atom is 0.338 e. The lowest BCUT2D eigenvalue weighted by Crippen LogP contribution is -2.30. The van der Waals surface area contributed by atoms with Crippen molar-refractivity contribution < 1.29 is 23.9 Å². The van der Waals surface area contributed by atoms with E-state index in [2.05, 4.69) is 0 Å². The van der Waals surface area contributed by atoms with Gasteiger partial charge in [0.2, 0.25) is 0 Å². The van der Waals surface area contributed by atoms with Gasteiger partial charge in [-0.15, -0.1) is 0 Å². The summed E-state index contributed by atoms with van der Waals surface area (Å²) < 4.78 is 5.34. The van der Waals surface area contributed by atoms with Crippen molar-refractivity contribution in [3.63, 3.8) is 0 Å². The molecule has 2 aromatic rings. The molecular formula is C22H19NO5. The number of benzene rings is 2. The number of carbonyl (C=O) groups is 4. The number of aryl methyl sites for hydroxylation is 1. The molecule has 2 aliphatic rings. The zero-order valence-corrected chi connectivity index (χ0v) is 15.4. The fourth-order valence-electron chi connectivity index (χ4n) is 3.67. The highest BCUT2D eigenvalue weighted by molar-refractivity contribution is 6.34. The van der Waals surface area contributed by atoms with E-state index in [0.29, 0.717) is 18.5 Å². The summed E-state index contributed by atoms with van der Waals surface area (Å²) in [5.74, 6) is -1.62. The van der Waals surface area contributed by atoms with Crippen molar-refractivity contribution in [2.45, 2.75) is 38.7 Å². The number of fused-ring (bicyclic) bond motifs is 1. The van der Waals surface area contributed by atoms with Gasteiger partial charge in [-0.1, -0.05) is 18.2 Å². The molecule has 0 bridgehead atoms. The monoisotopic (exact) mass is 377 g/mol. The summed E-state index contributed by atoms with van der Waals surface area (Å²) in [6.07, 6.45) is 1.87. The van der Waals surface area contributed by atoms with Gasteiger partial charge in [0.1, 0.15) is 0 Å². The first-order valence-corrected chi connectivity index (χ1v) is 9.29. The molecule has 28 heavy (non-hydrogen) atoms. The van der Waals surface area contributed by atoms with Gasteiger partial charge in [0, 0.05) is 6.42 Å². The fourth-order valence-corrected chi connectivity index (χ4v) is 3.67. The van der Waals surface area contributed by atoms with Gasteiger partial charge in [-0.2, -0.15) is 0 Å². The number of amides is 2. The number of ether oxygens (including phenoxy) is 1. The Bertz CT molecular complexity index is 1010. The van der Waals surface area contributed by atoms with Crippen molar-refractivity contribution in [3.8, 4) is 0 Å². The fraction of sp³-hybridized carbons (Fsp3) is 0.273. The number of anilines is 1. The first kappa shape index (κ1) is 18.1. The van der Waals surface area contributed by atoms with Gasteiger partial charge in [0.25, 0.3) is 11.8 Å². The quantitative estimate of drug-likeness (QED) is 0.604. The van der Waals surface area contributed by atoms with Crippen molar-refractivity contribution in [1.29, 1.82) is 0 Å². The van der Waals surface area contributed by atoms with E-state index in [4.69, 9.17) is 4.74 Å². The minimum atomic E-state index is -0.727. The minimum Gasteiger partial charge on any atom is -0.451 e. The highest BCUT2D eigenvalue weighted by atomic mass is 16.5. The van der Waals surface area contributed by atoms with E-state index in [9.17, 15) is 19.2 Å². The van der Waals surface area contributed by atoms with Gasteiger partial charge in [-0.25, -0.2) is 9.69 Å². The molecule has 1 aliphatic heterocycles. The third-order valence-electron chi connectivity index (χ3n) is 5.23. The molecule has 0 aromatic heterocycles. The molecule has 0 spiro atoms. The Hall–Kier alpha value is -3.28. The molecule has 2 aromatic carbocycles. The summed E-state index contributed by atoms with van der Waals surface area (Å²) >= 11 is 0. The summed E-state index contributed by atoms with van der Waals surface area (Å²) in [6, 6.07) is 11.4. The Balaban J connectivity index is 1.61. The lowest BCUT2D eigenvalue weighted by atomic mass is 9.96.